The molecule has 0 radical (unpaired) electrons. The predicted molar refractivity (Wildman–Crippen MR) is 207 cm³/mol. The summed E-state index contributed by atoms with van der Waals surface area (Å²) in [7, 11) is 0. The summed E-state index contributed by atoms with van der Waals surface area (Å²) < 4.78 is 10.2. The number of ketones is 2. The van der Waals surface area contributed by atoms with Gasteiger partial charge in [0.2, 0.25) is 17.6 Å². The van der Waals surface area contributed by atoms with Gasteiger partial charge in [0.1, 0.15) is 19.3 Å². The molecule has 14 nitrogen and oxygen atoms in total. The number of primary amides is 1. The third-order valence-corrected chi connectivity index (χ3v) is 8.94. The van der Waals surface area contributed by atoms with Crippen molar-refractivity contribution in [2.75, 3.05) is 13.2 Å². The van der Waals surface area contributed by atoms with E-state index >= 15 is 0 Å². The largest absolute Gasteiger partial charge is 0.445 e. The molecule has 5 atom stereocenters. The van der Waals surface area contributed by atoms with E-state index in [1.807, 2.05) is 62.4 Å². The lowest BCUT2D eigenvalue weighted by Crippen LogP contribution is -2.55. The van der Waals surface area contributed by atoms with Crippen LogP contribution in [0.3, 0.4) is 0 Å². The van der Waals surface area contributed by atoms with Crippen LogP contribution in [-0.2, 0) is 46.5 Å². The highest BCUT2D eigenvalue weighted by Crippen LogP contribution is 2.20. The zero-order valence-corrected chi connectivity index (χ0v) is 32.3. The molecule has 0 saturated carbocycles. The Morgan fingerprint density at radius 3 is 2.02 bits per heavy atom. The van der Waals surface area contributed by atoms with Crippen molar-refractivity contribution < 1.29 is 43.0 Å². The molecule has 0 aliphatic rings. The van der Waals surface area contributed by atoms with Gasteiger partial charge < -0.3 is 36.5 Å². The lowest BCUT2D eigenvalue weighted by Gasteiger charge is -2.27. The van der Waals surface area contributed by atoms with E-state index in [1.165, 1.54) is 6.08 Å². The van der Waals surface area contributed by atoms with Crippen LogP contribution in [0.5, 0.6) is 0 Å². The second-order valence-corrected chi connectivity index (χ2v) is 13.9. The number of Topliss-reactive ketones (excluding diaryl/α,β-unsaturated/α-hetero) is 2. The van der Waals surface area contributed by atoms with Crippen molar-refractivity contribution in [2.45, 2.75) is 97.4 Å². The fraction of sp³-hybridized carbons (Fsp3) is 0.488. The van der Waals surface area contributed by atoms with E-state index in [2.05, 4.69) is 27.8 Å². The number of hydrogen-bond acceptors (Lipinski definition) is 9. The summed E-state index contributed by atoms with van der Waals surface area (Å²) in [5.74, 6) is -5.28. The number of carbonyl (C=O) groups excluding carboxylic acids is 7. The summed E-state index contributed by atoms with van der Waals surface area (Å²) in [5.41, 5.74) is 7.09. The zero-order valence-electron chi connectivity index (χ0n) is 32.3. The van der Waals surface area contributed by atoms with Gasteiger partial charge in [-0.15, -0.1) is 0 Å². The topological polar surface area (TPSA) is 212 Å². The molecule has 300 valence electrons. The third-order valence-electron chi connectivity index (χ3n) is 8.94. The van der Waals surface area contributed by atoms with Gasteiger partial charge in [0.05, 0.1) is 12.1 Å². The average molecular weight is 764 g/mol. The van der Waals surface area contributed by atoms with E-state index in [-0.39, 0.29) is 51.4 Å². The molecule has 0 fully saturated rings. The first-order valence-electron chi connectivity index (χ1n) is 18.7. The van der Waals surface area contributed by atoms with Gasteiger partial charge in [0.25, 0.3) is 5.91 Å². The molecule has 2 aromatic carbocycles. The Morgan fingerprint density at radius 1 is 0.800 bits per heavy atom. The van der Waals surface area contributed by atoms with Crippen LogP contribution in [0.1, 0.15) is 77.3 Å². The van der Waals surface area contributed by atoms with E-state index < -0.39 is 71.4 Å². The Hall–Kier alpha value is -5.53. The Kier molecular flexibility index (Phi) is 20.5. The summed E-state index contributed by atoms with van der Waals surface area (Å²) in [5, 5.41) is 10.4. The second kappa shape index (κ2) is 24.7. The van der Waals surface area contributed by atoms with E-state index in [4.69, 9.17) is 15.2 Å². The smallest absolute Gasteiger partial charge is 0.408 e. The molecule has 0 spiro atoms. The molecule has 0 bridgehead atoms. The van der Waals surface area contributed by atoms with Crippen LogP contribution < -0.4 is 27.0 Å². The summed E-state index contributed by atoms with van der Waals surface area (Å²) in [4.78, 5) is 91.2. The summed E-state index contributed by atoms with van der Waals surface area (Å²) >= 11 is 0. The molecule has 0 heterocycles. The first kappa shape index (κ1) is 45.6. The molecule has 1 unspecified atom stereocenters. The number of nitrogens with one attached hydrogen (secondary N) is 4. The van der Waals surface area contributed by atoms with Crippen LogP contribution in [0.15, 0.2) is 73.3 Å². The minimum atomic E-state index is -1.26. The van der Waals surface area contributed by atoms with Crippen molar-refractivity contribution in [2.24, 2.45) is 23.5 Å². The number of benzene rings is 2. The molecule has 5 amide bonds. The molecule has 0 aliphatic carbocycles. The second-order valence-electron chi connectivity index (χ2n) is 13.9. The molecule has 14 heteroatoms. The predicted octanol–water partition coefficient (Wildman–Crippen LogP) is 4.30. The molecule has 0 aromatic heterocycles. The quantitative estimate of drug-likeness (QED) is 0.0554. The average Bonchev–Trinajstić information content (AvgIpc) is 3.16. The number of rotatable bonds is 25. The van der Waals surface area contributed by atoms with Gasteiger partial charge in [-0.2, -0.15) is 0 Å². The maximum absolute atomic E-state index is 13.9. The first-order valence-corrected chi connectivity index (χ1v) is 18.7. The number of alkyl carbamates (subject to hydrolysis) is 2. The van der Waals surface area contributed by atoms with Crippen LogP contribution in [0.4, 0.5) is 9.59 Å². The highest BCUT2D eigenvalue weighted by atomic mass is 16.6. The number of ether oxygens (including phenoxy) is 2. The lowest BCUT2D eigenvalue weighted by molar-refractivity contribution is -0.142. The molecule has 2 aromatic rings. The van der Waals surface area contributed by atoms with Gasteiger partial charge in [0, 0.05) is 18.9 Å². The molecule has 0 saturated heterocycles. The minimum absolute atomic E-state index is 0.00226. The summed E-state index contributed by atoms with van der Waals surface area (Å²) in [6.07, 6.45) is 1.56. The minimum Gasteiger partial charge on any atom is -0.445 e. The van der Waals surface area contributed by atoms with Gasteiger partial charge in [-0.25, -0.2) is 9.59 Å². The molecule has 55 heavy (non-hydrogen) atoms. The normalized spacial score (nSPS) is 13.5. The van der Waals surface area contributed by atoms with E-state index in [1.54, 1.807) is 26.0 Å². The molecule has 0 aliphatic heterocycles. The number of carbonyl (C=O) groups is 7. The van der Waals surface area contributed by atoms with Gasteiger partial charge in [-0.1, -0.05) is 107 Å². The molecule has 2 rings (SSSR count). The van der Waals surface area contributed by atoms with Gasteiger partial charge in [-0.05, 0) is 55.1 Å². The number of amides is 5. The first-order chi connectivity index (χ1) is 26.2. The Balaban J connectivity index is 2.15. The van der Waals surface area contributed by atoms with Crippen LogP contribution in [0.25, 0.3) is 0 Å². The highest BCUT2D eigenvalue weighted by molar-refractivity contribution is 6.38. The van der Waals surface area contributed by atoms with Crippen LogP contribution >= 0.6 is 0 Å². The van der Waals surface area contributed by atoms with Crippen LogP contribution in [-0.4, -0.2) is 72.8 Å². The maximum atomic E-state index is 13.9. The van der Waals surface area contributed by atoms with Crippen LogP contribution in [0.2, 0.25) is 0 Å². The Bertz CT molecular complexity index is 1570. The maximum Gasteiger partial charge on any atom is 0.408 e. The SMILES string of the molecule is C=CCOC(=O)NCCCC[C@H](NC(=O)C(=O)C(NC(=O)[C@@H](CC(=O)[C@H](Cc1ccccc1)NC(=O)OCc1ccccc1)CC(C)C)[C@@H](C)CC)C(N)=O. The van der Waals surface area contributed by atoms with Crippen molar-refractivity contribution in [3.8, 4) is 0 Å². The van der Waals surface area contributed by atoms with Gasteiger partial charge in [-0.3, -0.25) is 24.0 Å². The summed E-state index contributed by atoms with van der Waals surface area (Å²) in [6.45, 7) is 11.1. The van der Waals surface area contributed by atoms with Crippen molar-refractivity contribution in [3.05, 3.63) is 84.4 Å². The van der Waals surface area contributed by atoms with Crippen molar-refractivity contribution >= 4 is 41.5 Å². The van der Waals surface area contributed by atoms with Crippen molar-refractivity contribution in [3.63, 3.8) is 0 Å². The van der Waals surface area contributed by atoms with E-state index in [0.717, 1.165) is 11.1 Å². The number of nitrogens with two attached hydrogens (primary N) is 1. The Labute approximate surface area is 323 Å². The number of unbranched alkanes of at least 4 members (excludes halogenated alkanes) is 1. The third kappa shape index (κ3) is 17.4. The monoisotopic (exact) mass is 763 g/mol. The molecule has 6 N–H and O–H groups in total. The summed E-state index contributed by atoms with van der Waals surface area (Å²) in [6, 6.07) is 14.8. The van der Waals surface area contributed by atoms with Crippen LogP contribution in [0, 0.1) is 17.8 Å². The lowest BCUT2D eigenvalue weighted by atomic mass is 9.87. The van der Waals surface area contributed by atoms with E-state index in [0.29, 0.717) is 19.3 Å². The fourth-order valence-electron chi connectivity index (χ4n) is 5.72. The molecular formula is C41H57N5O9. The standard InChI is InChI=1S/C41H57N5O9/c1-6-22-54-40(52)43-21-15-14-20-32(37(42)49)44-39(51)36(48)35(28(5)7-2)46-38(50)31(23-27(3)4)25-34(47)33(24-29-16-10-8-11-17-29)45-41(53)55-26-30-18-12-9-13-19-30/h6,8-13,16-19,27-28,31-33,35H,1,7,14-15,20-26H2,2-5H3,(H2,42,49)(H,43,52)(H,44,51)(H,45,53)(H,46,50)/t28-,31+,32-,33-,35?/m0/s1. The molecular weight excluding hydrogens is 706 g/mol. The zero-order chi connectivity index (χ0) is 40.8. The Morgan fingerprint density at radius 2 is 1.44 bits per heavy atom. The van der Waals surface area contributed by atoms with Crippen molar-refractivity contribution in [1.29, 1.82) is 0 Å². The fourth-order valence-corrected chi connectivity index (χ4v) is 5.72. The number of hydrogen-bond donors (Lipinski definition) is 5. The van der Waals surface area contributed by atoms with Gasteiger partial charge >= 0.3 is 12.2 Å². The van der Waals surface area contributed by atoms with Crippen molar-refractivity contribution in [1.82, 2.24) is 21.3 Å². The highest BCUT2D eigenvalue weighted by Gasteiger charge is 2.36. The van der Waals surface area contributed by atoms with E-state index in [9.17, 15) is 33.6 Å². The van der Waals surface area contributed by atoms with Gasteiger partial charge in [0.15, 0.2) is 5.78 Å².